The number of nitrogens with one attached hydrogen (secondary N) is 2. The lowest BCUT2D eigenvalue weighted by Gasteiger charge is -2.39. The molecule has 5 rings (SSSR count). The molecule has 9 nitrogen and oxygen atoms in total. The number of nitrogens with zero attached hydrogens (tertiary/aromatic N) is 1. The first kappa shape index (κ1) is 33.8. The monoisotopic (exact) mass is 629 g/mol. The van der Waals surface area contributed by atoms with Crippen LogP contribution in [-0.2, 0) is 32.2 Å². The molecule has 3 aromatic rings. The van der Waals surface area contributed by atoms with E-state index in [0.29, 0.717) is 13.0 Å². The first-order chi connectivity index (χ1) is 22.5. The lowest BCUT2D eigenvalue weighted by atomic mass is 9.98. The van der Waals surface area contributed by atoms with Gasteiger partial charge in [0.1, 0.15) is 0 Å². The highest BCUT2D eigenvalue weighted by Crippen LogP contribution is 2.39. The number of carbonyl (C=O) groups is 2. The zero-order chi connectivity index (χ0) is 32.1. The molecule has 0 aliphatic carbocycles. The number of likely N-dealkylation sites (tertiary alicyclic amines) is 1. The van der Waals surface area contributed by atoms with E-state index >= 15 is 0 Å². The maximum atomic E-state index is 12.3. The van der Waals surface area contributed by atoms with Crippen molar-refractivity contribution in [2.24, 2.45) is 0 Å². The molecule has 0 radical (unpaired) electrons. The quantitative estimate of drug-likeness (QED) is 0.144. The number of carbonyl (C=O) groups excluding carboxylic acids is 2. The Bertz CT molecular complexity index is 1410. The van der Waals surface area contributed by atoms with Gasteiger partial charge in [0.25, 0.3) is 0 Å². The maximum absolute atomic E-state index is 12.3. The highest BCUT2D eigenvalue weighted by Gasteiger charge is 2.33. The topological polar surface area (TPSA) is 120 Å². The Morgan fingerprint density at radius 2 is 1.48 bits per heavy atom. The van der Waals surface area contributed by atoms with Crippen molar-refractivity contribution < 1.29 is 29.4 Å². The van der Waals surface area contributed by atoms with E-state index in [9.17, 15) is 14.7 Å². The molecule has 4 N–H and O–H groups in total. The Kier molecular flexibility index (Phi) is 12.7. The van der Waals surface area contributed by atoms with E-state index in [4.69, 9.17) is 14.7 Å². The summed E-state index contributed by atoms with van der Waals surface area (Å²) in [4.78, 5) is 26.0. The lowest BCUT2D eigenvalue weighted by molar-refractivity contribution is -0.253. The zero-order valence-corrected chi connectivity index (χ0v) is 26.5. The average Bonchev–Trinajstić information content (AvgIpc) is 3.08. The van der Waals surface area contributed by atoms with Crippen LogP contribution >= 0.6 is 0 Å². The Balaban J connectivity index is 1.29. The summed E-state index contributed by atoms with van der Waals surface area (Å²) in [6.45, 7) is 3.49. The van der Waals surface area contributed by atoms with Crippen LogP contribution in [0.5, 0.6) is 0 Å². The molecule has 3 aromatic carbocycles. The summed E-state index contributed by atoms with van der Waals surface area (Å²) < 4.78 is 13.3. The van der Waals surface area contributed by atoms with Gasteiger partial charge in [-0.3, -0.25) is 14.8 Å². The molecule has 2 heterocycles. The van der Waals surface area contributed by atoms with Gasteiger partial charge in [-0.1, -0.05) is 79.9 Å². The number of benzene rings is 3. The van der Waals surface area contributed by atoms with Crippen LogP contribution in [0.1, 0.15) is 92.4 Å². The third kappa shape index (κ3) is 9.95. The molecule has 9 heteroatoms. The predicted molar refractivity (Wildman–Crippen MR) is 175 cm³/mol. The molecule has 0 spiro atoms. The highest BCUT2D eigenvalue weighted by molar-refractivity contribution is 5.78. The number of aliphatic hydroxyl groups excluding tert-OH is 1. The Morgan fingerprint density at radius 1 is 0.783 bits per heavy atom. The number of hydrogen-bond donors (Lipinski definition) is 4. The van der Waals surface area contributed by atoms with E-state index in [0.717, 1.165) is 59.4 Å². The molecule has 2 saturated heterocycles. The van der Waals surface area contributed by atoms with Crippen LogP contribution in [0.25, 0.3) is 11.1 Å². The minimum atomic E-state index is -0.522. The summed E-state index contributed by atoms with van der Waals surface area (Å²) in [5, 5.41) is 21.1. The molecule has 3 atom stereocenters. The number of hydrogen-bond acceptors (Lipinski definition) is 7. The van der Waals surface area contributed by atoms with E-state index in [1.807, 2.05) is 30.3 Å². The molecule has 2 fully saturated rings. The van der Waals surface area contributed by atoms with Gasteiger partial charge in [0, 0.05) is 37.9 Å². The third-order valence-corrected chi connectivity index (χ3v) is 8.87. The third-order valence-electron chi connectivity index (χ3n) is 8.87. The molecule has 3 unspecified atom stereocenters. The summed E-state index contributed by atoms with van der Waals surface area (Å²) in [5.41, 5.74) is 7.53. The number of aliphatic hydroxyl groups is 1. The fourth-order valence-corrected chi connectivity index (χ4v) is 6.30. The van der Waals surface area contributed by atoms with Gasteiger partial charge in [-0.05, 0) is 72.3 Å². The molecule has 2 aliphatic rings. The van der Waals surface area contributed by atoms with Crippen molar-refractivity contribution in [3.05, 3.63) is 95.1 Å². The van der Waals surface area contributed by atoms with Crippen molar-refractivity contribution >= 4 is 11.8 Å². The normalized spacial score (nSPS) is 20.8. The maximum Gasteiger partial charge on any atom is 0.243 e. The van der Waals surface area contributed by atoms with Crippen LogP contribution in [0, 0.1) is 0 Å². The average molecular weight is 630 g/mol. The smallest absolute Gasteiger partial charge is 0.243 e. The van der Waals surface area contributed by atoms with E-state index in [-0.39, 0.29) is 37.6 Å². The van der Waals surface area contributed by atoms with Gasteiger partial charge >= 0.3 is 0 Å². The number of hydroxylamine groups is 1. The second kappa shape index (κ2) is 17.4. The van der Waals surface area contributed by atoms with Crippen molar-refractivity contribution in [1.29, 1.82) is 0 Å². The second-order valence-electron chi connectivity index (χ2n) is 12.4. The van der Waals surface area contributed by atoms with Gasteiger partial charge in [0.05, 0.1) is 18.8 Å². The van der Waals surface area contributed by atoms with Gasteiger partial charge in [0.2, 0.25) is 11.8 Å². The molecule has 0 saturated carbocycles. The number of rotatable bonds is 12. The van der Waals surface area contributed by atoms with Gasteiger partial charge in [-0.15, -0.1) is 0 Å². The molecular weight excluding hydrogens is 582 g/mol. The minimum absolute atomic E-state index is 0.0149. The van der Waals surface area contributed by atoms with Gasteiger partial charge in [-0.2, -0.15) is 0 Å². The van der Waals surface area contributed by atoms with Crippen molar-refractivity contribution in [2.75, 3.05) is 19.6 Å². The highest BCUT2D eigenvalue weighted by atomic mass is 16.7. The van der Waals surface area contributed by atoms with Crippen molar-refractivity contribution in [3.8, 4) is 11.1 Å². The SMILES string of the molecule is O=C(CCCC(=O)NCc1cccc(-c2cccc(C3OC(CN4CCCCCCC4)CC(c4ccc(CO)cc4)O3)c2)c1)NO. The largest absolute Gasteiger partial charge is 0.392 e. The summed E-state index contributed by atoms with van der Waals surface area (Å²) in [5.74, 6) is -0.641. The molecule has 2 amide bonds. The number of amides is 2. The van der Waals surface area contributed by atoms with Crippen molar-refractivity contribution in [2.45, 2.75) is 89.4 Å². The van der Waals surface area contributed by atoms with E-state index in [1.165, 1.54) is 32.1 Å². The Morgan fingerprint density at radius 3 is 2.22 bits per heavy atom. The summed E-state index contributed by atoms with van der Waals surface area (Å²) in [6.07, 6.45) is 7.19. The Hall–Kier alpha value is -3.60. The summed E-state index contributed by atoms with van der Waals surface area (Å²) in [6, 6.07) is 24.4. The van der Waals surface area contributed by atoms with E-state index in [2.05, 4.69) is 52.7 Å². The standard InChI is InChI=1S/C37H47N3O6/c41-26-27-15-17-29(18-16-27)34-23-33(25-40-19-4-2-1-3-5-20-40)45-37(46-34)32-12-7-11-31(22-32)30-10-6-9-28(21-30)24-38-35(42)13-8-14-36(43)39-44/h6-7,9-12,15-18,21-22,33-34,37,41,44H,1-5,8,13-14,19-20,23-26H2,(H,38,42)(H,39,43). The lowest BCUT2D eigenvalue weighted by Crippen LogP contribution is -2.40. The first-order valence-electron chi connectivity index (χ1n) is 16.6. The molecule has 0 aromatic heterocycles. The molecule has 2 aliphatic heterocycles. The molecule has 246 valence electrons. The van der Waals surface area contributed by atoms with E-state index in [1.54, 1.807) is 5.48 Å². The number of ether oxygens (including phenoxy) is 2. The fourth-order valence-electron chi connectivity index (χ4n) is 6.30. The molecular formula is C37H47N3O6. The van der Waals surface area contributed by atoms with Gasteiger partial charge in [0.15, 0.2) is 6.29 Å². The molecule has 0 bridgehead atoms. The van der Waals surface area contributed by atoms with E-state index < -0.39 is 12.2 Å². The van der Waals surface area contributed by atoms with Crippen LogP contribution in [0.15, 0.2) is 72.8 Å². The Labute approximate surface area is 271 Å². The van der Waals surface area contributed by atoms with Gasteiger partial charge in [-0.25, -0.2) is 5.48 Å². The van der Waals surface area contributed by atoms with Crippen LogP contribution in [-0.4, -0.2) is 52.8 Å². The first-order valence-corrected chi connectivity index (χ1v) is 16.6. The van der Waals surface area contributed by atoms with Crippen molar-refractivity contribution in [1.82, 2.24) is 15.7 Å². The van der Waals surface area contributed by atoms with Crippen LogP contribution in [0.2, 0.25) is 0 Å². The van der Waals surface area contributed by atoms with Crippen molar-refractivity contribution in [3.63, 3.8) is 0 Å². The van der Waals surface area contributed by atoms with Crippen LogP contribution in [0.4, 0.5) is 0 Å². The minimum Gasteiger partial charge on any atom is -0.392 e. The summed E-state index contributed by atoms with van der Waals surface area (Å²) >= 11 is 0. The second-order valence-corrected chi connectivity index (χ2v) is 12.4. The van der Waals surface area contributed by atoms with Crippen LogP contribution < -0.4 is 10.8 Å². The zero-order valence-electron chi connectivity index (χ0n) is 26.5. The van der Waals surface area contributed by atoms with Crippen LogP contribution in [0.3, 0.4) is 0 Å². The molecule has 46 heavy (non-hydrogen) atoms. The predicted octanol–water partition coefficient (Wildman–Crippen LogP) is 5.95. The fraction of sp³-hybridized carbons (Fsp3) is 0.459. The summed E-state index contributed by atoms with van der Waals surface area (Å²) in [7, 11) is 0. The van der Waals surface area contributed by atoms with Gasteiger partial charge < -0.3 is 24.8 Å².